The molecule has 1 aliphatic carbocycles. The normalized spacial score (nSPS) is 21.3. The van der Waals surface area contributed by atoms with Gasteiger partial charge in [0.2, 0.25) is 0 Å². The predicted molar refractivity (Wildman–Crippen MR) is 120 cm³/mol. The van der Waals surface area contributed by atoms with Gasteiger partial charge in [-0.25, -0.2) is 9.69 Å². The molecule has 0 bridgehead atoms. The zero-order valence-corrected chi connectivity index (χ0v) is 18.4. The maximum atomic E-state index is 13.2. The zero-order chi connectivity index (χ0) is 21.8. The first-order chi connectivity index (χ1) is 14.3. The fraction of sp³-hybridized carbons (Fsp3) is 0.417. The molecule has 0 saturated heterocycles. The third kappa shape index (κ3) is 4.78. The number of urea groups is 1. The van der Waals surface area contributed by atoms with E-state index in [9.17, 15) is 9.59 Å². The van der Waals surface area contributed by atoms with Crippen LogP contribution in [0.3, 0.4) is 0 Å². The Morgan fingerprint density at radius 1 is 1.10 bits per heavy atom. The molecule has 3 amide bonds. The van der Waals surface area contributed by atoms with Crippen molar-refractivity contribution in [3.8, 4) is 5.75 Å². The van der Waals surface area contributed by atoms with Crippen LogP contribution in [0.2, 0.25) is 5.02 Å². The highest BCUT2D eigenvalue weighted by Crippen LogP contribution is 2.39. The molecule has 30 heavy (non-hydrogen) atoms. The van der Waals surface area contributed by atoms with Gasteiger partial charge in [0, 0.05) is 0 Å². The molecule has 2 N–H and O–H groups in total. The minimum absolute atomic E-state index is 0.0139. The third-order valence-corrected chi connectivity index (χ3v) is 6.20. The summed E-state index contributed by atoms with van der Waals surface area (Å²) in [6.45, 7) is 6.65. The molecule has 160 valence electrons. The third-order valence-electron chi connectivity index (χ3n) is 5.87. The standard InChI is InChI=1S/C24H29ClN2O3/c1-15(2)17-13-12-16(3)14-22(17)30-21-11-7-6-10-20(21)27(24(26)29)23(28)18-8-4-5-9-19(18)25/h4-11,15-17,22H,12-14H2,1-3H3,(H2,26,29). The smallest absolute Gasteiger partial charge is 0.326 e. The molecule has 5 nitrogen and oxygen atoms in total. The first kappa shape index (κ1) is 22.2. The van der Waals surface area contributed by atoms with Crippen molar-refractivity contribution >= 4 is 29.2 Å². The number of rotatable bonds is 5. The second kappa shape index (κ2) is 9.52. The van der Waals surface area contributed by atoms with Gasteiger partial charge >= 0.3 is 6.03 Å². The molecule has 2 aromatic carbocycles. The minimum atomic E-state index is -0.881. The Morgan fingerprint density at radius 2 is 1.77 bits per heavy atom. The number of hydrogen-bond acceptors (Lipinski definition) is 3. The van der Waals surface area contributed by atoms with Crippen molar-refractivity contribution in [2.24, 2.45) is 23.5 Å². The summed E-state index contributed by atoms with van der Waals surface area (Å²) in [7, 11) is 0. The molecule has 3 atom stereocenters. The molecule has 0 aromatic heterocycles. The summed E-state index contributed by atoms with van der Waals surface area (Å²) in [6, 6.07) is 12.7. The van der Waals surface area contributed by atoms with Crippen molar-refractivity contribution < 1.29 is 14.3 Å². The molecule has 0 radical (unpaired) electrons. The molecular weight excluding hydrogens is 400 g/mol. The molecule has 1 fully saturated rings. The molecule has 1 saturated carbocycles. The maximum absolute atomic E-state index is 13.2. The molecule has 2 aromatic rings. The van der Waals surface area contributed by atoms with Crippen molar-refractivity contribution in [2.45, 2.75) is 46.1 Å². The number of carbonyl (C=O) groups is 2. The topological polar surface area (TPSA) is 72.6 Å². The maximum Gasteiger partial charge on any atom is 0.326 e. The average molecular weight is 429 g/mol. The Hall–Kier alpha value is -2.53. The fourth-order valence-electron chi connectivity index (χ4n) is 4.24. The number of benzene rings is 2. The van der Waals surface area contributed by atoms with Crippen LogP contribution in [0.4, 0.5) is 10.5 Å². The van der Waals surface area contributed by atoms with Gasteiger partial charge in [0.05, 0.1) is 16.3 Å². The largest absolute Gasteiger partial charge is 0.488 e. The van der Waals surface area contributed by atoms with Crippen molar-refractivity contribution in [1.82, 2.24) is 0 Å². The molecule has 3 rings (SSSR count). The molecule has 0 spiro atoms. The van der Waals surface area contributed by atoms with E-state index < -0.39 is 11.9 Å². The highest BCUT2D eigenvalue weighted by atomic mass is 35.5. The average Bonchev–Trinajstić information content (AvgIpc) is 2.69. The first-order valence-electron chi connectivity index (χ1n) is 10.4. The summed E-state index contributed by atoms with van der Waals surface area (Å²) in [4.78, 5) is 26.4. The lowest BCUT2D eigenvalue weighted by Gasteiger charge is -2.38. The van der Waals surface area contributed by atoms with Crippen LogP contribution >= 0.6 is 11.6 Å². The van der Waals surface area contributed by atoms with Gasteiger partial charge < -0.3 is 10.5 Å². The summed E-state index contributed by atoms with van der Waals surface area (Å²) in [5.74, 6) is 1.35. The van der Waals surface area contributed by atoms with Crippen molar-refractivity contribution in [3.63, 3.8) is 0 Å². The van der Waals surface area contributed by atoms with E-state index in [1.54, 1.807) is 42.5 Å². The highest BCUT2D eigenvalue weighted by molar-refractivity contribution is 6.35. The van der Waals surface area contributed by atoms with Crippen LogP contribution < -0.4 is 15.4 Å². The van der Waals surface area contributed by atoms with Crippen LogP contribution in [0.15, 0.2) is 48.5 Å². The van der Waals surface area contributed by atoms with Gasteiger partial charge in [-0.15, -0.1) is 0 Å². The van der Waals surface area contributed by atoms with Gasteiger partial charge in [0.25, 0.3) is 5.91 Å². The molecule has 0 aliphatic heterocycles. The lowest BCUT2D eigenvalue weighted by Crippen LogP contribution is -2.42. The summed E-state index contributed by atoms with van der Waals surface area (Å²) < 4.78 is 6.44. The van der Waals surface area contributed by atoms with Crippen LogP contribution in [0, 0.1) is 17.8 Å². The number of halogens is 1. The van der Waals surface area contributed by atoms with Crippen molar-refractivity contribution in [2.75, 3.05) is 4.90 Å². The summed E-state index contributed by atoms with van der Waals surface area (Å²) in [6.07, 6.45) is 3.23. The second-order valence-electron chi connectivity index (χ2n) is 8.41. The van der Waals surface area contributed by atoms with Gasteiger partial charge in [-0.05, 0) is 54.9 Å². The predicted octanol–water partition coefficient (Wildman–Crippen LogP) is 5.91. The zero-order valence-electron chi connectivity index (χ0n) is 17.7. The summed E-state index contributed by atoms with van der Waals surface area (Å²) >= 11 is 6.19. The van der Waals surface area contributed by atoms with E-state index in [4.69, 9.17) is 22.1 Å². The van der Waals surface area contributed by atoms with E-state index in [1.807, 2.05) is 6.07 Å². The molecular formula is C24H29ClN2O3. The number of anilines is 1. The first-order valence-corrected chi connectivity index (χ1v) is 10.8. The van der Waals surface area contributed by atoms with E-state index in [2.05, 4.69) is 20.8 Å². The minimum Gasteiger partial charge on any atom is -0.488 e. The number of nitrogens with zero attached hydrogens (tertiary/aromatic N) is 1. The number of hydrogen-bond donors (Lipinski definition) is 1. The van der Waals surface area contributed by atoms with E-state index in [1.165, 1.54) is 6.42 Å². The summed E-state index contributed by atoms with van der Waals surface area (Å²) in [5, 5.41) is 0.258. The Labute approximate surface area is 183 Å². The van der Waals surface area contributed by atoms with E-state index >= 15 is 0 Å². The van der Waals surface area contributed by atoms with Crippen LogP contribution in [0.1, 0.15) is 50.4 Å². The number of nitrogens with two attached hydrogens (primary N) is 1. The number of amides is 3. The van der Waals surface area contributed by atoms with Crippen molar-refractivity contribution in [1.29, 1.82) is 0 Å². The lowest BCUT2D eigenvalue weighted by molar-refractivity contribution is 0.0463. The molecule has 6 heteroatoms. The fourth-order valence-corrected chi connectivity index (χ4v) is 4.45. The highest BCUT2D eigenvalue weighted by Gasteiger charge is 2.34. The monoisotopic (exact) mass is 428 g/mol. The number of carbonyl (C=O) groups excluding carboxylic acids is 2. The van der Waals surface area contributed by atoms with Crippen molar-refractivity contribution in [3.05, 3.63) is 59.1 Å². The van der Waals surface area contributed by atoms with Gasteiger partial charge in [-0.2, -0.15) is 0 Å². The number of imide groups is 1. The number of primary amides is 1. The lowest BCUT2D eigenvalue weighted by atomic mass is 9.75. The second-order valence-corrected chi connectivity index (χ2v) is 8.82. The quantitative estimate of drug-likeness (QED) is 0.643. The van der Waals surface area contributed by atoms with Gasteiger partial charge in [0.15, 0.2) is 0 Å². The van der Waals surface area contributed by atoms with Crippen LogP contribution in [0.25, 0.3) is 0 Å². The number of ether oxygens (including phenoxy) is 1. The van der Waals surface area contributed by atoms with E-state index in [-0.39, 0.29) is 16.7 Å². The Kier molecular flexibility index (Phi) is 7.03. The van der Waals surface area contributed by atoms with E-state index in [0.717, 1.165) is 17.7 Å². The Bertz CT molecular complexity index is 915. The van der Waals surface area contributed by atoms with Crippen LogP contribution in [-0.4, -0.2) is 18.0 Å². The van der Waals surface area contributed by atoms with Crippen LogP contribution in [0.5, 0.6) is 5.75 Å². The van der Waals surface area contributed by atoms with Gasteiger partial charge in [0.1, 0.15) is 11.9 Å². The molecule has 3 unspecified atom stereocenters. The Morgan fingerprint density at radius 3 is 2.43 bits per heavy atom. The Balaban J connectivity index is 1.97. The summed E-state index contributed by atoms with van der Waals surface area (Å²) in [5.41, 5.74) is 6.16. The molecule has 1 aliphatic rings. The SMILES string of the molecule is CC1CCC(C(C)C)C(Oc2ccccc2N(C(N)=O)C(=O)c2ccccc2Cl)C1. The van der Waals surface area contributed by atoms with Crippen LogP contribution in [-0.2, 0) is 0 Å². The van der Waals surface area contributed by atoms with E-state index in [0.29, 0.717) is 29.2 Å². The van der Waals surface area contributed by atoms with Gasteiger partial charge in [-0.1, -0.05) is 63.1 Å². The van der Waals surface area contributed by atoms with Gasteiger partial charge in [-0.3, -0.25) is 4.79 Å². The molecule has 0 heterocycles. The number of para-hydroxylation sites is 2.